The van der Waals surface area contributed by atoms with Crippen LogP contribution in [0.2, 0.25) is 0 Å². The second-order valence-electron chi connectivity index (χ2n) is 4.90. The van der Waals surface area contributed by atoms with Gasteiger partial charge in [-0.05, 0) is 26.0 Å². The minimum Gasteiger partial charge on any atom is -0.360 e. The Labute approximate surface area is 131 Å². The van der Waals surface area contributed by atoms with Gasteiger partial charge in [0.15, 0.2) is 10.7 Å². The summed E-state index contributed by atoms with van der Waals surface area (Å²) in [6.07, 6.45) is 1.28. The fraction of sp³-hybridized carbons (Fsp3) is 0.143. The Balaban J connectivity index is 2.03. The molecule has 9 heteroatoms. The van der Waals surface area contributed by atoms with E-state index in [1.165, 1.54) is 32.2 Å². The molecule has 0 radical (unpaired) electrons. The molecule has 2 N–H and O–H groups in total. The second kappa shape index (κ2) is 5.51. The van der Waals surface area contributed by atoms with Crippen LogP contribution in [0.1, 0.15) is 11.5 Å². The highest BCUT2D eigenvalue weighted by Crippen LogP contribution is 2.30. The van der Waals surface area contributed by atoms with E-state index in [-0.39, 0.29) is 33.3 Å². The number of halogens is 1. The van der Waals surface area contributed by atoms with Crippen molar-refractivity contribution in [2.45, 2.75) is 18.7 Å². The van der Waals surface area contributed by atoms with Crippen molar-refractivity contribution >= 4 is 15.7 Å². The van der Waals surface area contributed by atoms with E-state index in [1.807, 2.05) is 0 Å². The van der Waals surface area contributed by atoms with E-state index in [0.29, 0.717) is 0 Å². The predicted molar refractivity (Wildman–Crippen MR) is 80.8 cm³/mol. The highest BCUT2D eigenvalue weighted by molar-refractivity contribution is 7.92. The lowest BCUT2D eigenvalue weighted by Gasteiger charge is -2.08. The molecule has 23 heavy (non-hydrogen) atoms. The van der Waals surface area contributed by atoms with E-state index >= 15 is 0 Å². The minimum atomic E-state index is -3.93. The van der Waals surface area contributed by atoms with Crippen LogP contribution in [0.3, 0.4) is 0 Å². The molecule has 0 bridgehead atoms. The van der Waals surface area contributed by atoms with Crippen molar-refractivity contribution in [2.24, 2.45) is 0 Å². The van der Waals surface area contributed by atoms with Crippen LogP contribution in [-0.2, 0) is 10.0 Å². The number of benzene rings is 1. The molecule has 0 atom stereocenters. The molecule has 0 aliphatic rings. The van der Waals surface area contributed by atoms with Crippen molar-refractivity contribution < 1.29 is 17.3 Å². The molecule has 0 saturated heterocycles. The molecule has 0 spiro atoms. The Morgan fingerprint density at radius 1 is 1.26 bits per heavy atom. The molecule has 1 aromatic carbocycles. The van der Waals surface area contributed by atoms with Crippen molar-refractivity contribution in [3.05, 3.63) is 47.7 Å². The number of hydrogen-bond acceptors (Lipinski definition) is 5. The maximum Gasteiger partial charge on any atom is 0.267 e. The van der Waals surface area contributed by atoms with Gasteiger partial charge in [-0.2, -0.15) is 5.10 Å². The van der Waals surface area contributed by atoms with Gasteiger partial charge in [-0.3, -0.25) is 9.82 Å². The monoisotopic (exact) mass is 336 g/mol. The summed E-state index contributed by atoms with van der Waals surface area (Å²) in [5.41, 5.74) is 0.820. The van der Waals surface area contributed by atoms with Crippen LogP contribution in [0.4, 0.5) is 10.1 Å². The number of aromatic nitrogens is 3. The fourth-order valence-corrected chi connectivity index (χ4v) is 3.68. The first kappa shape index (κ1) is 15.2. The first-order valence-corrected chi connectivity index (χ1v) is 8.12. The molecule has 0 aliphatic carbocycles. The Morgan fingerprint density at radius 2 is 2.00 bits per heavy atom. The summed E-state index contributed by atoms with van der Waals surface area (Å²) in [6.45, 7) is 3.03. The molecule has 0 aliphatic heterocycles. The molecule has 120 valence electrons. The van der Waals surface area contributed by atoms with Crippen LogP contribution < -0.4 is 4.72 Å². The largest absolute Gasteiger partial charge is 0.360 e. The average Bonchev–Trinajstić information content (AvgIpc) is 3.06. The van der Waals surface area contributed by atoms with Crippen molar-refractivity contribution in [1.29, 1.82) is 0 Å². The highest BCUT2D eigenvalue weighted by atomic mass is 32.2. The number of aromatic amines is 1. The number of H-pyrrole nitrogens is 1. The number of hydrogen-bond donors (Lipinski definition) is 2. The molecule has 2 heterocycles. The Hall–Kier alpha value is -2.68. The number of rotatable bonds is 4. The van der Waals surface area contributed by atoms with E-state index in [0.717, 1.165) is 0 Å². The van der Waals surface area contributed by atoms with Gasteiger partial charge in [-0.25, -0.2) is 12.8 Å². The number of nitrogens with one attached hydrogen (secondary N) is 2. The zero-order chi connectivity index (χ0) is 16.6. The molecule has 3 rings (SSSR count). The summed E-state index contributed by atoms with van der Waals surface area (Å²) in [4.78, 5) is -0.0433. The van der Waals surface area contributed by atoms with E-state index in [9.17, 15) is 12.8 Å². The third-order valence-electron chi connectivity index (χ3n) is 3.26. The molecule has 0 unspecified atom stereocenters. The highest BCUT2D eigenvalue weighted by Gasteiger charge is 2.26. The summed E-state index contributed by atoms with van der Waals surface area (Å²) in [5, 5.41) is 10.0. The SMILES string of the molecule is Cc1noc(C)c1S(=O)(=O)Nc1cn[nH]c1-c1ccccc1F. The number of anilines is 1. The smallest absolute Gasteiger partial charge is 0.267 e. The van der Waals surface area contributed by atoms with Gasteiger partial charge >= 0.3 is 0 Å². The summed E-state index contributed by atoms with van der Waals surface area (Å²) >= 11 is 0. The Bertz CT molecular complexity index is 943. The van der Waals surface area contributed by atoms with E-state index in [2.05, 4.69) is 20.1 Å². The zero-order valence-corrected chi connectivity index (χ0v) is 13.1. The zero-order valence-electron chi connectivity index (χ0n) is 12.3. The van der Waals surface area contributed by atoms with Gasteiger partial charge < -0.3 is 4.52 Å². The lowest BCUT2D eigenvalue weighted by Crippen LogP contribution is -2.14. The molecule has 3 aromatic rings. The predicted octanol–water partition coefficient (Wildman–Crippen LogP) is 2.62. The third-order valence-corrected chi connectivity index (χ3v) is 4.87. The summed E-state index contributed by atoms with van der Waals surface area (Å²) < 4.78 is 46.2. The first-order valence-electron chi connectivity index (χ1n) is 6.64. The molecular formula is C14H13FN4O3S. The average molecular weight is 336 g/mol. The number of sulfonamides is 1. The molecule has 0 saturated carbocycles. The molecule has 0 amide bonds. The van der Waals surface area contributed by atoms with Gasteiger partial charge in [-0.1, -0.05) is 17.3 Å². The maximum absolute atomic E-state index is 13.9. The van der Waals surface area contributed by atoms with Gasteiger partial charge in [0.25, 0.3) is 10.0 Å². The molecule has 7 nitrogen and oxygen atoms in total. The van der Waals surface area contributed by atoms with Gasteiger partial charge in [-0.15, -0.1) is 0 Å². The quantitative estimate of drug-likeness (QED) is 0.763. The topological polar surface area (TPSA) is 101 Å². The lowest BCUT2D eigenvalue weighted by atomic mass is 10.1. The minimum absolute atomic E-state index is 0.0433. The first-order chi connectivity index (χ1) is 10.9. The van der Waals surface area contributed by atoms with E-state index in [4.69, 9.17) is 4.52 Å². The third kappa shape index (κ3) is 2.70. The number of aryl methyl sites for hydroxylation is 2. The molecule has 0 fully saturated rings. The standard InChI is InChI=1S/C14H13FN4O3S/c1-8-14(9(2)22-18-8)23(20,21)19-12-7-16-17-13(12)10-5-3-4-6-11(10)15/h3-7,19H,1-2H3,(H,16,17). The van der Waals surface area contributed by atoms with Crippen LogP contribution in [0, 0.1) is 19.7 Å². The van der Waals surface area contributed by atoms with E-state index in [1.54, 1.807) is 12.1 Å². The summed E-state index contributed by atoms with van der Waals surface area (Å²) in [5.74, 6) is -0.319. The molecular weight excluding hydrogens is 323 g/mol. The van der Waals surface area contributed by atoms with Crippen molar-refractivity contribution in [2.75, 3.05) is 4.72 Å². The van der Waals surface area contributed by atoms with Crippen LogP contribution in [0.25, 0.3) is 11.3 Å². The van der Waals surface area contributed by atoms with Crippen LogP contribution in [0.15, 0.2) is 39.9 Å². The lowest BCUT2D eigenvalue weighted by molar-refractivity contribution is 0.390. The van der Waals surface area contributed by atoms with Crippen LogP contribution in [0.5, 0.6) is 0 Å². The van der Waals surface area contributed by atoms with Gasteiger partial charge in [0.1, 0.15) is 11.5 Å². The fourth-order valence-electron chi connectivity index (χ4n) is 2.29. The maximum atomic E-state index is 13.9. The van der Waals surface area contributed by atoms with Crippen LogP contribution >= 0.6 is 0 Å². The summed E-state index contributed by atoms with van der Waals surface area (Å²) in [6, 6.07) is 5.99. The van der Waals surface area contributed by atoms with Crippen molar-refractivity contribution in [3.8, 4) is 11.3 Å². The van der Waals surface area contributed by atoms with Crippen LogP contribution in [-0.4, -0.2) is 23.8 Å². The van der Waals surface area contributed by atoms with Gasteiger partial charge in [0.05, 0.1) is 17.6 Å². The van der Waals surface area contributed by atoms with Crippen molar-refractivity contribution in [1.82, 2.24) is 15.4 Å². The van der Waals surface area contributed by atoms with E-state index < -0.39 is 15.8 Å². The molecule has 2 aromatic heterocycles. The van der Waals surface area contributed by atoms with Gasteiger partial charge in [0.2, 0.25) is 0 Å². The normalized spacial score (nSPS) is 11.6. The Morgan fingerprint density at radius 3 is 2.65 bits per heavy atom. The second-order valence-corrected chi connectivity index (χ2v) is 6.52. The number of nitrogens with zero attached hydrogens (tertiary/aromatic N) is 2. The van der Waals surface area contributed by atoms with Gasteiger partial charge in [0, 0.05) is 5.56 Å². The Kier molecular flexibility index (Phi) is 3.64. The summed E-state index contributed by atoms with van der Waals surface area (Å²) in [7, 11) is -3.93. The van der Waals surface area contributed by atoms with Crippen molar-refractivity contribution in [3.63, 3.8) is 0 Å².